The average molecular weight is 219 g/mol. The second-order valence-corrected chi connectivity index (χ2v) is 2.79. The molecule has 0 aliphatic rings. The third-order valence-electron chi connectivity index (χ3n) is 1.40. The second kappa shape index (κ2) is 6.33. The maximum atomic E-state index is 11.2. The molecule has 14 heavy (non-hydrogen) atoms. The number of aromatic amines is 1. The predicted molar refractivity (Wildman–Crippen MR) is 50.3 cm³/mol. The Kier molecular flexibility index (Phi) is 4.95. The van der Waals surface area contributed by atoms with Gasteiger partial charge in [0.1, 0.15) is 0 Å². The number of nitrogens with one attached hydrogen (secondary N) is 2. The third-order valence-corrected chi connectivity index (χ3v) is 1.56. The molecule has 78 valence electrons. The zero-order valence-corrected chi connectivity index (χ0v) is 8.25. The zero-order chi connectivity index (χ0) is 10.2. The van der Waals surface area contributed by atoms with Gasteiger partial charge in [-0.1, -0.05) is 0 Å². The first-order valence-corrected chi connectivity index (χ1v) is 4.65. The molecule has 1 aromatic rings. The van der Waals surface area contributed by atoms with E-state index in [1.807, 2.05) is 0 Å². The summed E-state index contributed by atoms with van der Waals surface area (Å²) < 4.78 is 5.06. The van der Waals surface area contributed by atoms with Crippen molar-refractivity contribution in [3.05, 3.63) is 11.9 Å². The number of aromatic nitrogens is 3. The first-order chi connectivity index (χ1) is 6.84. The molecule has 6 nitrogen and oxygen atoms in total. The van der Waals surface area contributed by atoms with Gasteiger partial charge in [0.05, 0.1) is 19.4 Å². The molecule has 0 radical (unpaired) electrons. The first-order valence-electron chi connectivity index (χ1n) is 4.12. The summed E-state index contributed by atoms with van der Waals surface area (Å²) in [6.45, 7) is 1.36. The van der Waals surface area contributed by atoms with Crippen LogP contribution in [0.3, 0.4) is 0 Å². The molecule has 2 N–H and O–H groups in total. The monoisotopic (exact) mass is 218 g/mol. The Morgan fingerprint density at radius 1 is 1.64 bits per heavy atom. The average Bonchev–Trinajstić information content (AvgIpc) is 2.70. The largest absolute Gasteiger partial charge is 0.378 e. The standard InChI is InChI=1S/C7H11ClN4O2/c8-1-3-14-4-2-9-7(13)6-5-10-12-11-6/h5H,1-4H2,(H,9,13)(H,10,11,12). The second-order valence-electron chi connectivity index (χ2n) is 2.41. The van der Waals surface area contributed by atoms with Gasteiger partial charge in [-0.2, -0.15) is 15.4 Å². The van der Waals surface area contributed by atoms with Gasteiger partial charge in [-0.25, -0.2) is 0 Å². The number of hydrogen-bond donors (Lipinski definition) is 2. The highest BCUT2D eigenvalue weighted by molar-refractivity contribution is 6.17. The molecule has 0 fully saturated rings. The van der Waals surface area contributed by atoms with Crippen molar-refractivity contribution in [3.63, 3.8) is 0 Å². The number of ether oxygens (including phenoxy) is 1. The van der Waals surface area contributed by atoms with Crippen molar-refractivity contribution in [1.29, 1.82) is 0 Å². The van der Waals surface area contributed by atoms with E-state index in [1.54, 1.807) is 0 Å². The number of carbonyl (C=O) groups is 1. The van der Waals surface area contributed by atoms with E-state index in [-0.39, 0.29) is 11.6 Å². The molecule has 0 unspecified atom stereocenters. The van der Waals surface area contributed by atoms with E-state index in [4.69, 9.17) is 16.3 Å². The summed E-state index contributed by atoms with van der Waals surface area (Å²) in [5.74, 6) is 0.185. The van der Waals surface area contributed by atoms with Gasteiger partial charge < -0.3 is 10.1 Å². The SMILES string of the molecule is O=C(NCCOCCCl)c1cn[nH]n1. The summed E-state index contributed by atoms with van der Waals surface area (Å²) in [6, 6.07) is 0. The summed E-state index contributed by atoms with van der Waals surface area (Å²) in [5.41, 5.74) is 0.266. The fourth-order valence-electron chi connectivity index (χ4n) is 0.795. The van der Waals surface area contributed by atoms with Crippen LogP contribution in [0.1, 0.15) is 10.5 Å². The first kappa shape index (κ1) is 10.9. The third kappa shape index (κ3) is 3.71. The van der Waals surface area contributed by atoms with Crippen molar-refractivity contribution < 1.29 is 9.53 Å². The summed E-state index contributed by atoms with van der Waals surface area (Å²) >= 11 is 5.39. The molecule has 0 aliphatic carbocycles. The fraction of sp³-hybridized carbons (Fsp3) is 0.571. The van der Waals surface area contributed by atoms with Crippen LogP contribution in [0.2, 0.25) is 0 Å². The minimum atomic E-state index is -0.270. The molecule has 0 aromatic carbocycles. The number of amides is 1. The number of hydrogen-bond acceptors (Lipinski definition) is 4. The van der Waals surface area contributed by atoms with Gasteiger partial charge in [-0.15, -0.1) is 11.6 Å². The Hall–Kier alpha value is -1.14. The van der Waals surface area contributed by atoms with Crippen molar-refractivity contribution in [2.75, 3.05) is 25.6 Å². The highest BCUT2D eigenvalue weighted by Crippen LogP contribution is 1.87. The van der Waals surface area contributed by atoms with Gasteiger partial charge in [-0.05, 0) is 0 Å². The lowest BCUT2D eigenvalue weighted by Crippen LogP contribution is -2.27. The van der Waals surface area contributed by atoms with Gasteiger partial charge in [0.15, 0.2) is 5.69 Å². The van der Waals surface area contributed by atoms with E-state index >= 15 is 0 Å². The van der Waals surface area contributed by atoms with Gasteiger partial charge in [-0.3, -0.25) is 4.79 Å². The highest BCUT2D eigenvalue weighted by Gasteiger charge is 2.06. The van der Waals surface area contributed by atoms with Crippen molar-refractivity contribution in [3.8, 4) is 0 Å². The van der Waals surface area contributed by atoms with Crippen molar-refractivity contribution >= 4 is 17.5 Å². The lowest BCUT2D eigenvalue weighted by atomic mass is 10.4. The molecule has 0 spiro atoms. The quantitative estimate of drug-likeness (QED) is 0.512. The minimum absolute atomic E-state index is 0.266. The summed E-state index contributed by atoms with van der Waals surface area (Å²) in [6.07, 6.45) is 1.36. The van der Waals surface area contributed by atoms with Crippen LogP contribution in [-0.4, -0.2) is 47.0 Å². The van der Waals surface area contributed by atoms with E-state index < -0.39 is 0 Å². The smallest absolute Gasteiger partial charge is 0.273 e. The molecule has 7 heteroatoms. The molecule has 1 amide bonds. The Bertz CT molecular complexity index is 265. The van der Waals surface area contributed by atoms with Crippen LogP contribution >= 0.6 is 11.6 Å². The highest BCUT2D eigenvalue weighted by atomic mass is 35.5. The van der Waals surface area contributed by atoms with Gasteiger partial charge in [0.25, 0.3) is 5.91 Å². The topological polar surface area (TPSA) is 79.9 Å². The molecule has 0 atom stereocenters. The molecule has 0 aliphatic heterocycles. The molecule has 0 saturated carbocycles. The number of H-pyrrole nitrogens is 1. The van der Waals surface area contributed by atoms with Crippen LogP contribution in [0, 0.1) is 0 Å². The van der Waals surface area contributed by atoms with Crippen molar-refractivity contribution in [1.82, 2.24) is 20.7 Å². The number of alkyl halides is 1. The summed E-state index contributed by atoms with van der Waals surface area (Å²) in [7, 11) is 0. The summed E-state index contributed by atoms with van der Waals surface area (Å²) in [5, 5.41) is 12.1. The molecule has 1 rings (SSSR count). The van der Waals surface area contributed by atoms with Crippen molar-refractivity contribution in [2.24, 2.45) is 0 Å². The van der Waals surface area contributed by atoms with E-state index in [2.05, 4.69) is 20.7 Å². The maximum Gasteiger partial charge on any atom is 0.273 e. The predicted octanol–water partition coefficient (Wildman–Crippen LogP) is -0.210. The van der Waals surface area contributed by atoms with Crippen LogP contribution in [0.5, 0.6) is 0 Å². The molecular weight excluding hydrogens is 208 g/mol. The Balaban J connectivity index is 2.10. The number of nitrogens with zero attached hydrogens (tertiary/aromatic N) is 2. The Labute approximate surface area is 86.0 Å². The molecule has 0 bridgehead atoms. The Morgan fingerprint density at radius 3 is 3.14 bits per heavy atom. The normalized spacial score (nSPS) is 10.1. The van der Waals surface area contributed by atoms with E-state index in [0.717, 1.165) is 0 Å². The van der Waals surface area contributed by atoms with Crippen LogP contribution < -0.4 is 5.32 Å². The lowest BCUT2D eigenvalue weighted by Gasteiger charge is -2.02. The molecule has 0 saturated heterocycles. The fourth-order valence-corrected chi connectivity index (χ4v) is 0.904. The minimum Gasteiger partial charge on any atom is -0.378 e. The lowest BCUT2D eigenvalue weighted by molar-refractivity contribution is 0.0918. The van der Waals surface area contributed by atoms with Crippen molar-refractivity contribution in [2.45, 2.75) is 0 Å². The Morgan fingerprint density at radius 2 is 2.50 bits per heavy atom. The van der Waals surface area contributed by atoms with Gasteiger partial charge in [0.2, 0.25) is 0 Å². The number of rotatable bonds is 6. The number of halogens is 1. The van der Waals surface area contributed by atoms with Gasteiger partial charge >= 0.3 is 0 Å². The van der Waals surface area contributed by atoms with Crippen LogP contribution in [0.15, 0.2) is 6.20 Å². The van der Waals surface area contributed by atoms with Gasteiger partial charge in [0, 0.05) is 12.4 Å². The van der Waals surface area contributed by atoms with Crippen LogP contribution in [0.25, 0.3) is 0 Å². The van der Waals surface area contributed by atoms with E-state index in [0.29, 0.717) is 25.6 Å². The summed E-state index contributed by atoms with van der Waals surface area (Å²) in [4.78, 5) is 11.2. The molecular formula is C7H11ClN4O2. The molecule has 1 heterocycles. The zero-order valence-electron chi connectivity index (χ0n) is 7.49. The van der Waals surface area contributed by atoms with E-state index in [9.17, 15) is 4.79 Å². The molecule has 1 aromatic heterocycles. The number of carbonyl (C=O) groups excluding carboxylic acids is 1. The van der Waals surface area contributed by atoms with Crippen LogP contribution in [0.4, 0.5) is 0 Å². The van der Waals surface area contributed by atoms with E-state index in [1.165, 1.54) is 6.20 Å². The maximum absolute atomic E-state index is 11.2. The van der Waals surface area contributed by atoms with Crippen LogP contribution in [-0.2, 0) is 4.74 Å².